The molecule has 262 valence electrons. The Hall–Kier alpha value is -4.10. The molecule has 0 aliphatic heterocycles. The summed E-state index contributed by atoms with van der Waals surface area (Å²) in [6.45, 7) is 14.8. The van der Waals surface area contributed by atoms with Crippen molar-refractivity contribution in [3.63, 3.8) is 0 Å². The largest absolute Gasteiger partial charge is 0.310 e. The summed E-state index contributed by atoms with van der Waals surface area (Å²) in [7, 11) is 0. The lowest BCUT2D eigenvalue weighted by molar-refractivity contribution is -0.0397. The van der Waals surface area contributed by atoms with Gasteiger partial charge < -0.3 is 4.90 Å². The van der Waals surface area contributed by atoms with Gasteiger partial charge in [-0.05, 0) is 159 Å². The van der Waals surface area contributed by atoms with Crippen molar-refractivity contribution in [2.45, 2.75) is 108 Å². The molecular weight excluding hydrogens is 627 g/mol. The molecule has 7 aliphatic rings. The molecule has 52 heavy (non-hydrogen) atoms. The summed E-state index contributed by atoms with van der Waals surface area (Å²) in [6, 6.07) is 40.9. The summed E-state index contributed by atoms with van der Waals surface area (Å²) in [4.78, 5) is 2.78. The standard InChI is InChI=1S/C51H53N/c1-48(2)23-24-49(3,4)47-42(48)18-12-20-45(47)52(35-21-22-38-36-13-7-9-16-40(36)50(5,6)43(38)30-35)44-19-11-15-39-37-14-8-10-17-41(37)51(46(39)44)33-26-31-25-32(28-33)29-34(51)27-31/h7-22,30-34H,23-29H2,1-6H3. The van der Waals surface area contributed by atoms with Gasteiger partial charge in [0.15, 0.2) is 0 Å². The van der Waals surface area contributed by atoms with Crippen LogP contribution in [0.15, 0.2) is 103 Å². The summed E-state index contributed by atoms with van der Waals surface area (Å²) < 4.78 is 0. The zero-order chi connectivity index (χ0) is 35.4. The summed E-state index contributed by atoms with van der Waals surface area (Å²) in [6.07, 6.45) is 9.45. The van der Waals surface area contributed by atoms with Gasteiger partial charge in [0.1, 0.15) is 0 Å². The van der Waals surface area contributed by atoms with E-state index in [4.69, 9.17) is 0 Å². The van der Waals surface area contributed by atoms with Crippen LogP contribution >= 0.6 is 0 Å². The van der Waals surface area contributed by atoms with Crippen molar-refractivity contribution >= 4 is 17.1 Å². The predicted octanol–water partition coefficient (Wildman–Crippen LogP) is 13.5. The van der Waals surface area contributed by atoms with Crippen molar-refractivity contribution in [3.8, 4) is 22.3 Å². The fourth-order valence-electron chi connectivity index (χ4n) is 13.5. The quantitative estimate of drug-likeness (QED) is 0.183. The van der Waals surface area contributed by atoms with Crippen LogP contribution < -0.4 is 4.90 Å². The van der Waals surface area contributed by atoms with E-state index in [0.29, 0.717) is 11.8 Å². The van der Waals surface area contributed by atoms with E-state index in [9.17, 15) is 0 Å². The highest BCUT2D eigenvalue weighted by atomic mass is 15.2. The number of fused-ring (bicyclic) bond motifs is 7. The lowest BCUT2D eigenvalue weighted by Gasteiger charge is -2.61. The molecule has 0 amide bonds. The molecule has 0 heterocycles. The number of rotatable bonds is 3. The summed E-state index contributed by atoms with van der Waals surface area (Å²) in [5.74, 6) is 3.25. The maximum absolute atomic E-state index is 2.78. The minimum atomic E-state index is -0.0670. The number of nitrogens with zero attached hydrogens (tertiary/aromatic N) is 1. The molecule has 4 bridgehead atoms. The second-order valence-electron chi connectivity index (χ2n) is 19.6. The normalized spacial score (nSPS) is 28.6. The van der Waals surface area contributed by atoms with Crippen LogP contribution in [0, 0.1) is 23.7 Å². The molecule has 0 radical (unpaired) electrons. The van der Waals surface area contributed by atoms with Gasteiger partial charge in [0.2, 0.25) is 0 Å². The molecule has 5 aromatic carbocycles. The first kappa shape index (κ1) is 31.4. The van der Waals surface area contributed by atoms with E-state index in [1.54, 1.807) is 16.7 Å². The van der Waals surface area contributed by atoms with Crippen LogP contribution in [0.1, 0.15) is 120 Å². The lowest BCUT2D eigenvalue weighted by atomic mass is 9.43. The number of benzene rings is 5. The Labute approximate surface area is 311 Å². The van der Waals surface area contributed by atoms with Crippen LogP contribution in [0.25, 0.3) is 22.3 Å². The molecule has 0 saturated heterocycles. The van der Waals surface area contributed by atoms with Gasteiger partial charge in [0.25, 0.3) is 0 Å². The van der Waals surface area contributed by atoms with E-state index in [1.807, 2.05) is 0 Å². The first-order valence-corrected chi connectivity index (χ1v) is 20.4. The molecule has 0 unspecified atom stereocenters. The molecular formula is C51H53N. The van der Waals surface area contributed by atoms with Crippen LogP contribution in [0.4, 0.5) is 17.1 Å². The molecule has 4 fully saturated rings. The van der Waals surface area contributed by atoms with E-state index in [0.717, 1.165) is 11.8 Å². The highest BCUT2D eigenvalue weighted by Crippen LogP contribution is 2.71. The van der Waals surface area contributed by atoms with Gasteiger partial charge in [-0.15, -0.1) is 0 Å². The van der Waals surface area contributed by atoms with Crippen molar-refractivity contribution in [1.29, 1.82) is 0 Å². The molecule has 5 aromatic rings. The fraction of sp³-hybridized carbons (Fsp3) is 0.412. The SMILES string of the molecule is CC1(C)CCC(C)(C)c2c(N(c3ccc4c(c3)C(C)(C)c3ccccc3-4)c3cccc4c3C3(c5ccccc5-4)C4CC5CC(C4)CC3C5)cccc21. The average molecular weight is 680 g/mol. The van der Waals surface area contributed by atoms with Crippen molar-refractivity contribution in [3.05, 3.63) is 137 Å². The van der Waals surface area contributed by atoms with Gasteiger partial charge in [-0.2, -0.15) is 0 Å². The third kappa shape index (κ3) is 3.91. The predicted molar refractivity (Wildman–Crippen MR) is 217 cm³/mol. The minimum Gasteiger partial charge on any atom is -0.310 e. The lowest BCUT2D eigenvalue weighted by Crippen LogP contribution is -2.55. The molecule has 12 rings (SSSR count). The van der Waals surface area contributed by atoms with Gasteiger partial charge in [0, 0.05) is 16.5 Å². The average Bonchev–Trinajstić information content (AvgIpc) is 3.56. The summed E-state index contributed by atoms with van der Waals surface area (Å²) in [5.41, 5.74) is 19.3. The van der Waals surface area contributed by atoms with Crippen molar-refractivity contribution in [2.24, 2.45) is 23.7 Å². The van der Waals surface area contributed by atoms with Crippen molar-refractivity contribution < 1.29 is 0 Å². The molecule has 1 heteroatoms. The van der Waals surface area contributed by atoms with Crippen molar-refractivity contribution in [1.82, 2.24) is 0 Å². The zero-order valence-electron chi connectivity index (χ0n) is 32.0. The Morgan fingerprint density at radius 1 is 0.462 bits per heavy atom. The van der Waals surface area contributed by atoms with E-state index in [2.05, 4.69) is 150 Å². The highest BCUT2D eigenvalue weighted by Gasteiger charge is 2.62. The van der Waals surface area contributed by atoms with Crippen molar-refractivity contribution in [2.75, 3.05) is 4.90 Å². The maximum Gasteiger partial charge on any atom is 0.0509 e. The minimum absolute atomic E-state index is 0.0627. The zero-order valence-corrected chi connectivity index (χ0v) is 32.0. The Bertz CT molecular complexity index is 2290. The highest BCUT2D eigenvalue weighted by molar-refractivity contribution is 5.93. The second-order valence-corrected chi connectivity index (χ2v) is 19.6. The molecule has 1 nitrogen and oxygen atoms in total. The van der Waals surface area contributed by atoms with Gasteiger partial charge in [0.05, 0.1) is 11.4 Å². The Kier molecular flexibility index (Phi) is 6.23. The third-order valence-corrected chi connectivity index (χ3v) is 15.7. The molecule has 4 saturated carbocycles. The van der Waals surface area contributed by atoms with E-state index >= 15 is 0 Å². The van der Waals surface area contributed by atoms with Crippen LogP contribution in [0.3, 0.4) is 0 Å². The van der Waals surface area contributed by atoms with E-state index in [1.165, 1.54) is 101 Å². The monoisotopic (exact) mass is 679 g/mol. The van der Waals surface area contributed by atoms with Crippen LogP contribution in [0.2, 0.25) is 0 Å². The molecule has 0 atom stereocenters. The third-order valence-electron chi connectivity index (χ3n) is 15.7. The Morgan fingerprint density at radius 3 is 1.71 bits per heavy atom. The van der Waals surface area contributed by atoms with Crippen LogP contribution in [0.5, 0.6) is 0 Å². The fourth-order valence-corrected chi connectivity index (χ4v) is 13.5. The summed E-state index contributed by atoms with van der Waals surface area (Å²) >= 11 is 0. The molecule has 7 aliphatic carbocycles. The van der Waals surface area contributed by atoms with E-state index < -0.39 is 0 Å². The smallest absolute Gasteiger partial charge is 0.0509 e. The number of anilines is 3. The number of hydrogen-bond acceptors (Lipinski definition) is 1. The Balaban J connectivity index is 1.22. The van der Waals surface area contributed by atoms with Crippen LogP contribution in [-0.4, -0.2) is 0 Å². The summed E-state index contributed by atoms with van der Waals surface area (Å²) in [5, 5.41) is 0. The molecule has 0 N–H and O–H groups in total. The van der Waals surface area contributed by atoms with Gasteiger partial charge in [-0.1, -0.05) is 120 Å². The maximum atomic E-state index is 2.78. The molecule has 1 spiro atoms. The molecule has 0 aromatic heterocycles. The van der Waals surface area contributed by atoms with Crippen LogP contribution in [-0.2, 0) is 21.7 Å². The van der Waals surface area contributed by atoms with Gasteiger partial charge in [-0.25, -0.2) is 0 Å². The van der Waals surface area contributed by atoms with E-state index in [-0.39, 0.29) is 21.7 Å². The first-order chi connectivity index (χ1) is 25.0. The van der Waals surface area contributed by atoms with Gasteiger partial charge >= 0.3 is 0 Å². The second kappa shape index (κ2) is 10.3. The first-order valence-electron chi connectivity index (χ1n) is 20.4. The Morgan fingerprint density at radius 2 is 1.00 bits per heavy atom. The van der Waals surface area contributed by atoms with Gasteiger partial charge in [-0.3, -0.25) is 0 Å². The number of hydrogen-bond donors (Lipinski definition) is 0. The topological polar surface area (TPSA) is 3.24 Å².